The second-order valence-electron chi connectivity index (χ2n) is 3.44. The summed E-state index contributed by atoms with van der Waals surface area (Å²) in [6.07, 6.45) is 1.79. The molecule has 6 heteroatoms. The number of nitrogens with two attached hydrogens (primary N) is 1. The Morgan fingerprint density at radius 2 is 2.19 bits per heavy atom. The van der Waals surface area contributed by atoms with Crippen LogP contribution in [0.5, 0.6) is 5.75 Å². The maximum absolute atomic E-state index is 10.9. The molecular formula is C10H14BrNO3S. The summed E-state index contributed by atoms with van der Waals surface area (Å²) in [6.45, 7) is 0. The van der Waals surface area contributed by atoms with Gasteiger partial charge in [0.25, 0.3) is 0 Å². The molecule has 0 radical (unpaired) electrons. The molecule has 1 rings (SSSR count). The number of hydrogen-bond donors (Lipinski definition) is 1. The highest BCUT2D eigenvalue weighted by Crippen LogP contribution is 2.21. The predicted molar refractivity (Wildman–Crippen MR) is 67.3 cm³/mol. The van der Waals surface area contributed by atoms with Crippen molar-refractivity contribution in [3.63, 3.8) is 0 Å². The molecule has 1 aromatic carbocycles. The molecule has 1 atom stereocenters. The van der Waals surface area contributed by atoms with E-state index in [0.29, 0.717) is 5.75 Å². The summed E-state index contributed by atoms with van der Waals surface area (Å²) in [5, 5.41) is 0.797. The molecule has 16 heavy (non-hydrogen) atoms. The first kappa shape index (κ1) is 13.5. The number of hydrogen-bond acceptors (Lipinski definition) is 4. The van der Waals surface area contributed by atoms with E-state index in [1.165, 1.54) is 0 Å². The Balaban J connectivity index is 2.86. The summed E-state index contributed by atoms with van der Waals surface area (Å²) in [4.78, 5) is 0. The molecule has 0 fully saturated rings. The summed E-state index contributed by atoms with van der Waals surface area (Å²) < 4.78 is 26.7. The molecule has 90 valence electrons. The first-order chi connectivity index (χ1) is 7.42. The van der Waals surface area contributed by atoms with Crippen molar-refractivity contribution >= 4 is 26.0 Å². The summed E-state index contributed by atoms with van der Waals surface area (Å²) in [7, 11) is -3.48. The zero-order valence-electron chi connectivity index (χ0n) is 8.89. The fraction of sp³-hybridized carbons (Fsp3) is 0.400. The summed E-state index contributed by atoms with van der Waals surface area (Å²) in [5.74, 6) is 0.296. The second-order valence-corrected chi connectivity index (χ2v) is 5.81. The lowest BCUT2D eigenvalue weighted by atomic mass is 10.1. The largest absolute Gasteiger partial charge is 0.383 e. The van der Waals surface area contributed by atoms with Crippen LogP contribution in [-0.2, 0) is 10.1 Å². The van der Waals surface area contributed by atoms with E-state index in [-0.39, 0.29) is 6.04 Å². The summed E-state index contributed by atoms with van der Waals surface area (Å²) in [5.41, 5.74) is 6.76. The highest BCUT2D eigenvalue weighted by Gasteiger charge is 2.08. The van der Waals surface area contributed by atoms with Crippen LogP contribution >= 0.6 is 15.9 Å². The van der Waals surface area contributed by atoms with E-state index in [1.54, 1.807) is 18.2 Å². The third kappa shape index (κ3) is 4.51. The predicted octanol–water partition coefficient (Wildman–Crippen LogP) is 1.81. The Morgan fingerprint density at radius 1 is 1.50 bits per heavy atom. The minimum Gasteiger partial charge on any atom is -0.383 e. The third-order valence-corrected chi connectivity index (χ3v) is 2.91. The van der Waals surface area contributed by atoms with Crippen molar-refractivity contribution in [3.8, 4) is 5.75 Å². The van der Waals surface area contributed by atoms with Crippen molar-refractivity contribution in [2.24, 2.45) is 5.73 Å². The Labute approximate surface area is 104 Å². The standard InChI is InChI=1S/C10H14BrNO3S/c1-16(13,14)15-9-4-2-3-8(7-9)10(12)5-6-11/h2-4,7,10H,5-6,12H2,1H3. The maximum Gasteiger partial charge on any atom is 0.306 e. The first-order valence-electron chi connectivity index (χ1n) is 4.73. The summed E-state index contributed by atoms with van der Waals surface area (Å²) in [6, 6.07) is 6.69. The molecule has 1 aromatic rings. The van der Waals surface area contributed by atoms with Gasteiger partial charge in [-0.05, 0) is 24.1 Å². The van der Waals surface area contributed by atoms with Gasteiger partial charge >= 0.3 is 10.1 Å². The molecular weight excluding hydrogens is 294 g/mol. The highest BCUT2D eigenvalue weighted by atomic mass is 79.9. The van der Waals surface area contributed by atoms with Gasteiger partial charge in [-0.3, -0.25) is 0 Å². The van der Waals surface area contributed by atoms with Crippen LogP contribution in [0.25, 0.3) is 0 Å². The Morgan fingerprint density at radius 3 is 2.75 bits per heavy atom. The van der Waals surface area contributed by atoms with Gasteiger partial charge in [0.2, 0.25) is 0 Å². The topological polar surface area (TPSA) is 69.4 Å². The average molecular weight is 308 g/mol. The first-order valence-corrected chi connectivity index (χ1v) is 7.67. The fourth-order valence-corrected chi connectivity index (χ4v) is 2.20. The van der Waals surface area contributed by atoms with Gasteiger partial charge in [-0.1, -0.05) is 28.1 Å². The van der Waals surface area contributed by atoms with Gasteiger partial charge in [-0.2, -0.15) is 8.42 Å². The van der Waals surface area contributed by atoms with Crippen LogP contribution < -0.4 is 9.92 Å². The highest BCUT2D eigenvalue weighted by molar-refractivity contribution is 9.09. The zero-order chi connectivity index (χ0) is 12.2. The Hall–Kier alpha value is -0.590. The normalized spacial score (nSPS) is 13.4. The number of alkyl halides is 1. The lowest BCUT2D eigenvalue weighted by Gasteiger charge is -2.11. The van der Waals surface area contributed by atoms with Crippen LogP contribution in [0, 0.1) is 0 Å². The molecule has 0 spiro atoms. The van der Waals surface area contributed by atoms with Gasteiger partial charge < -0.3 is 9.92 Å². The van der Waals surface area contributed by atoms with Crippen molar-refractivity contribution in [2.75, 3.05) is 11.6 Å². The van der Waals surface area contributed by atoms with Crippen molar-refractivity contribution in [1.82, 2.24) is 0 Å². The number of rotatable bonds is 5. The van der Waals surface area contributed by atoms with Gasteiger partial charge in [0.15, 0.2) is 0 Å². The molecule has 0 aromatic heterocycles. The van der Waals surface area contributed by atoms with Crippen LogP contribution in [0.1, 0.15) is 18.0 Å². The van der Waals surface area contributed by atoms with Crippen LogP contribution in [0.4, 0.5) is 0 Å². The average Bonchev–Trinajstić information content (AvgIpc) is 2.16. The van der Waals surface area contributed by atoms with Crippen LogP contribution in [-0.4, -0.2) is 20.0 Å². The molecule has 0 amide bonds. The molecule has 4 nitrogen and oxygen atoms in total. The third-order valence-electron chi connectivity index (χ3n) is 1.95. The van der Waals surface area contributed by atoms with Gasteiger partial charge in [-0.25, -0.2) is 0 Å². The fourth-order valence-electron chi connectivity index (χ4n) is 1.26. The van der Waals surface area contributed by atoms with Crippen LogP contribution in [0.3, 0.4) is 0 Å². The number of benzene rings is 1. The lowest BCUT2D eigenvalue weighted by molar-refractivity contribution is 0.492. The molecule has 0 aliphatic rings. The molecule has 0 saturated carbocycles. The van der Waals surface area contributed by atoms with E-state index >= 15 is 0 Å². The van der Waals surface area contributed by atoms with E-state index in [1.807, 2.05) is 6.07 Å². The minimum absolute atomic E-state index is 0.123. The molecule has 2 N–H and O–H groups in total. The van der Waals surface area contributed by atoms with Gasteiger partial charge in [-0.15, -0.1) is 0 Å². The Bertz CT molecular complexity index is 447. The molecule has 1 unspecified atom stereocenters. The number of halogens is 1. The maximum atomic E-state index is 10.9. The molecule has 0 bridgehead atoms. The van der Waals surface area contributed by atoms with Crippen molar-refractivity contribution in [2.45, 2.75) is 12.5 Å². The van der Waals surface area contributed by atoms with Crippen molar-refractivity contribution < 1.29 is 12.6 Å². The minimum atomic E-state index is -3.48. The van der Waals surface area contributed by atoms with Crippen LogP contribution in [0.15, 0.2) is 24.3 Å². The smallest absolute Gasteiger partial charge is 0.306 e. The van der Waals surface area contributed by atoms with Gasteiger partial charge in [0, 0.05) is 11.4 Å². The molecule has 0 heterocycles. The second kappa shape index (κ2) is 5.65. The molecule has 0 aliphatic heterocycles. The lowest BCUT2D eigenvalue weighted by Crippen LogP contribution is -2.11. The zero-order valence-corrected chi connectivity index (χ0v) is 11.3. The van der Waals surface area contributed by atoms with Gasteiger partial charge in [0.05, 0.1) is 6.26 Å². The monoisotopic (exact) mass is 307 g/mol. The van der Waals surface area contributed by atoms with E-state index in [0.717, 1.165) is 23.6 Å². The van der Waals surface area contributed by atoms with Gasteiger partial charge in [0.1, 0.15) is 5.75 Å². The molecule has 0 saturated heterocycles. The summed E-state index contributed by atoms with van der Waals surface area (Å²) >= 11 is 3.31. The van der Waals surface area contributed by atoms with Crippen molar-refractivity contribution in [1.29, 1.82) is 0 Å². The van der Waals surface area contributed by atoms with Crippen LogP contribution in [0.2, 0.25) is 0 Å². The van der Waals surface area contributed by atoms with E-state index < -0.39 is 10.1 Å². The van der Waals surface area contributed by atoms with E-state index in [2.05, 4.69) is 15.9 Å². The van der Waals surface area contributed by atoms with Crippen molar-refractivity contribution in [3.05, 3.63) is 29.8 Å². The molecule has 0 aliphatic carbocycles. The Kier molecular flexibility index (Phi) is 4.76. The van der Waals surface area contributed by atoms with E-state index in [9.17, 15) is 8.42 Å². The van der Waals surface area contributed by atoms with E-state index in [4.69, 9.17) is 9.92 Å². The quantitative estimate of drug-likeness (QED) is 0.665. The SMILES string of the molecule is CS(=O)(=O)Oc1cccc(C(N)CCBr)c1.